The van der Waals surface area contributed by atoms with E-state index < -0.39 is 0 Å². The van der Waals surface area contributed by atoms with E-state index in [1.807, 2.05) is 35.0 Å². The normalized spacial score (nSPS) is 11.2. The molecule has 1 amide bonds. The predicted octanol–water partition coefficient (Wildman–Crippen LogP) is 4.97. The predicted molar refractivity (Wildman–Crippen MR) is 100 cm³/mol. The van der Waals surface area contributed by atoms with E-state index in [1.165, 1.54) is 16.5 Å². The summed E-state index contributed by atoms with van der Waals surface area (Å²) < 4.78 is 2.00. The van der Waals surface area contributed by atoms with Gasteiger partial charge in [0.05, 0.1) is 0 Å². The number of amides is 1. The van der Waals surface area contributed by atoms with Crippen LogP contribution in [0.5, 0.6) is 0 Å². The molecule has 0 fully saturated rings. The topological polar surface area (TPSA) is 34.0 Å². The number of carbonyl (C=O) groups is 1. The number of benzene rings is 2. The van der Waals surface area contributed by atoms with Gasteiger partial charge in [0.1, 0.15) is 6.54 Å². The third-order valence-electron chi connectivity index (χ3n) is 4.42. The fraction of sp³-hybridized carbons (Fsp3) is 0.286. The lowest BCUT2D eigenvalue weighted by Crippen LogP contribution is -2.18. The Morgan fingerprint density at radius 3 is 2.50 bits per heavy atom. The molecule has 24 heavy (non-hydrogen) atoms. The molecule has 0 radical (unpaired) electrons. The van der Waals surface area contributed by atoms with Crippen LogP contribution in [0.2, 0.25) is 0 Å². The highest BCUT2D eigenvalue weighted by Gasteiger charge is 2.08. The summed E-state index contributed by atoms with van der Waals surface area (Å²) in [6.45, 7) is 6.82. The Bertz CT molecular complexity index is 844. The maximum atomic E-state index is 12.3. The van der Waals surface area contributed by atoms with Gasteiger partial charge in [-0.3, -0.25) is 4.79 Å². The summed E-state index contributed by atoms with van der Waals surface area (Å²) in [5, 5.41) is 4.15. The summed E-state index contributed by atoms with van der Waals surface area (Å²) in [6.07, 6.45) is 2.98. The van der Waals surface area contributed by atoms with Crippen molar-refractivity contribution in [2.75, 3.05) is 5.32 Å². The summed E-state index contributed by atoms with van der Waals surface area (Å²) in [6, 6.07) is 16.5. The highest BCUT2D eigenvalue weighted by molar-refractivity contribution is 5.92. The number of hydrogen-bond donors (Lipinski definition) is 1. The molecule has 1 heterocycles. The van der Waals surface area contributed by atoms with Crippen molar-refractivity contribution in [3.63, 3.8) is 0 Å². The first-order valence-corrected chi connectivity index (χ1v) is 8.54. The quantitative estimate of drug-likeness (QED) is 0.708. The molecule has 0 aliphatic carbocycles. The van der Waals surface area contributed by atoms with Crippen LogP contribution < -0.4 is 5.32 Å². The van der Waals surface area contributed by atoms with E-state index in [0.717, 1.165) is 17.6 Å². The Hall–Kier alpha value is -2.55. The average molecular weight is 320 g/mol. The van der Waals surface area contributed by atoms with Gasteiger partial charge in [0.25, 0.3) is 0 Å². The lowest BCUT2D eigenvalue weighted by Gasteiger charge is -2.09. The number of nitrogens with one attached hydrogen (secondary N) is 1. The summed E-state index contributed by atoms with van der Waals surface area (Å²) in [5.74, 6) is 0.497. The Morgan fingerprint density at radius 2 is 1.83 bits per heavy atom. The van der Waals surface area contributed by atoms with Gasteiger partial charge in [0, 0.05) is 17.4 Å². The van der Waals surface area contributed by atoms with E-state index in [0.29, 0.717) is 12.5 Å². The van der Waals surface area contributed by atoms with Crippen LogP contribution in [-0.4, -0.2) is 10.5 Å². The van der Waals surface area contributed by atoms with Crippen LogP contribution >= 0.6 is 0 Å². The standard InChI is InChI=1S/C21H24N2O/c1-4-16-5-8-19(9-6-16)22-21(24)14-23-12-11-18-13-17(15(2)3)7-10-20(18)23/h5-13,15H,4,14H2,1-3H3,(H,22,24). The molecule has 0 aliphatic heterocycles. The molecular weight excluding hydrogens is 296 g/mol. The van der Waals surface area contributed by atoms with Gasteiger partial charge in [0.15, 0.2) is 0 Å². The minimum atomic E-state index is -0.00955. The number of aryl methyl sites for hydroxylation is 1. The maximum Gasteiger partial charge on any atom is 0.244 e. The van der Waals surface area contributed by atoms with Gasteiger partial charge >= 0.3 is 0 Å². The molecule has 3 nitrogen and oxygen atoms in total. The number of rotatable bonds is 5. The van der Waals surface area contributed by atoms with Crippen LogP contribution in [0, 0.1) is 0 Å². The lowest BCUT2D eigenvalue weighted by atomic mass is 10.0. The van der Waals surface area contributed by atoms with Crippen LogP contribution in [0.15, 0.2) is 54.7 Å². The van der Waals surface area contributed by atoms with Crippen LogP contribution in [0.1, 0.15) is 37.8 Å². The first kappa shape index (κ1) is 16.3. The fourth-order valence-corrected chi connectivity index (χ4v) is 2.89. The molecule has 0 saturated carbocycles. The second-order valence-electron chi connectivity index (χ2n) is 6.52. The number of anilines is 1. The van der Waals surface area contributed by atoms with Crippen LogP contribution in [0.3, 0.4) is 0 Å². The van der Waals surface area contributed by atoms with Crippen molar-refractivity contribution in [3.05, 3.63) is 65.9 Å². The van der Waals surface area contributed by atoms with Crippen molar-refractivity contribution >= 4 is 22.5 Å². The zero-order valence-corrected chi connectivity index (χ0v) is 14.5. The van der Waals surface area contributed by atoms with Crippen molar-refractivity contribution < 1.29 is 4.79 Å². The molecule has 0 spiro atoms. The SMILES string of the molecule is CCc1ccc(NC(=O)Cn2ccc3cc(C(C)C)ccc32)cc1. The Morgan fingerprint density at radius 1 is 1.08 bits per heavy atom. The van der Waals surface area contributed by atoms with E-state index in [-0.39, 0.29) is 5.91 Å². The molecule has 0 atom stereocenters. The molecule has 3 heteroatoms. The van der Waals surface area contributed by atoms with Crippen LogP contribution in [0.4, 0.5) is 5.69 Å². The number of nitrogens with zero attached hydrogens (tertiary/aromatic N) is 1. The van der Waals surface area contributed by atoms with Gasteiger partial charge in [-0.05, 0) is 59.2 Å². The van der Waals surface area contributed by atoms with Gasteiger partial charge in [-0.1, -0.05) is 39.0 Å². The van der Waals surface area contributed by atoms with E-state index in [4.69, 9.17) is 0 Å². The van der Waals surface area contributed by atoms with Gasteiger partial charge in [-0.2, -0.15) is 0 Å². The molecule has 3 aromatic rings. The van der Waals surface area contributed by atoms with Crippen LogP contribution in [0.25, 0.3) is 10.9 Å². The second kappa shape index (κ2) is 6.91. The molecule has 0 aliphatic rings. The highest BCUT2D eigenvalue weighted by atomic mass is 16.1. The van der Waals surface area contributed by atoms with Gasteiger partial charge in [-0.15, -0.1) is 0 Å². The average Bonchev–Trinajstić information content (AvgIpc) is 2.97. The summed E-state index contributed by atoms with van der Waals surface area (Å²) in [5.41, 5.74) is 4.53. The third kappa shape index (κ3) is 3.51. The summed E-state index contributed by atoms with van der Waals surface area (Å²) in [4.78, 5) is 12.3. The van der Waals surface area contributed by atoms with E-state index in [2.05, 4.69) is 50.4 Å². The van der Waals surface area contributed by atoms with Gasteiger partial charge in [-0.25, -0.2) is 0 Å². The summed E-state index contributed by atoms with van der Waals surface area (Å²) in [7, 11) is 0. The number of hydrogen-bond acceptors (Lipinski definition) is 1. The molecule has 0 saturated heterocycles. The molecule has 0 unspecified atom stereocenters. The van der Waals surface area contributed by atoms with Crippen molar-refractivity contribution in [1.82, 2.24) is 4.57 Å². The van der Waals surface area contributed by atoms with E-state index in [1.54, 1.807) is 0 Å². The lowest BCUT2D eigenvalue weighted by molar-refractivity contribution is -0.116. The maximum absolute atomic E-state index is 12.3. The third-order valence-corrected chi connectivity index (χ3v) is 4.42. The molecule has 2 aromatic carbocycles. The van der Waals surface area contributed by atoms with Crippen molar-refractivity contribution in [2.45, 2.75) is 39.7 Å². The number of aromatic nitrogens is 1. The molecular formula is C21H24N2O. The monoisotopic (exact) mass is 320 g/mol. The Kier molecular flexibility index (Phi) is 4.70. The number of fused-ring (bicyclic) bond motifs is 1. The largest absolute Gasteiger partial charge is 0.338 e. The zero-order valence-electron chi connectivity index (χ0n) is 14.5. The highest BCUT2D eigenvalue weighted by Crippen LogP contribution is 2.22. The first-order valence-electron chi connectivity index (χ1n) is 8.54. The Labute approximate surface area is 143 Å². The first-order chi connectivity index (χ1) is 11.6. The molecule has 1 aromatic heterocycles. The van der Waals surface area contributed by atoms with Crippen molar-refractivity contribution in [3.8, 4) is 0 Å². The van der Waals surface area contributed by atoms with Crippen LogP contribution in [-0.2, 0) is 17.8 Å². The van der Waals surface area contributed by atoms with Crippen molar-refractivity contribution in [1.29, 1.82) is 0 Å². The molecule has 124 valence electrons. The molecule has 0 bridgehead atoms. The number of carbonyl (C=O) groups excluding carboxylic acids is 1. The molecule has 1 N–H and O–H groups in total. The zero-order chi connectivity index (χ0) is 17.1. The fourth-order valence-electron chi connectivity index (χ4n) is 2.89. The van der Waals surface area contributed by atoms with E-state index in [9.17, 15) is 4.79 Å². The van der Waals surface area contributed by atoms with Gasteiger partial charge in [0.2, 0.25) is 5.91 Å². The second-order valence-corrected chi connectivity index (χ2v) is 6.52. The molecule has 3 rings (SSSR count). The van der Waals surface area contributed by atoms with E-state index >= 15 is 0 Å². The minimum Gasteiger partial charge on any atom is -0.338 e. The summed E-state index contributed by atoms with van der Waals surface area (Å²) >= 11 is 0. The smallest absolute Gasteiger partial charge is 0.244 e. The minimum absolute atomic E-state index is 0.00955. The van der Waals surface area contributed by atoms with Gasteiger partial charge < -0.3 is 9.88 Å². The Balaban J connectivity index is 1.73. The van der Waals surface area contributed by atoms with Crippen molar-refractivity contribution in [2.24, 2.45) is 0 Å².